The minimum absolute atomic E-state index is 0.358. The second-order valence-corrected chi connectivity index (χ2v) is 2.99. The predicted octanol–water partition coefficient (Wildman–Crippen LogP) is 2.40. The second kappa shape index (κ2) is 3.58. The third kappa shape index (κ3) is 1.70. The van der Waals surface area contributed by atoms with Crippen molar-refractivity contribution in [3.63, 3.8) is 0 Å². The molecule has 2 aromatic rings. The molecule has 2 rings (SSSR count). The molecule has 0 bridgehead atoms. The molecule has 0 spiro atoms. The minimum Gasteiger partial charge on any atom is -0.426 e. The maximum Gasteiger partial charge on any atom is 0.238 e. The lowest BCUT2D eigenvalue weighted by Gasteiger charge is -2.03. The molecule has 0 amide bonds. The molecule has 0 aliphatic heterocycles. The summed E-state index contributed by atoms with van der Waals surface area (Å²) in [6, 6.07) is 9.60. The Balaban J connectivity index is 2.29. The number of halogens is 1. The van der Waals surface area contributed by atoms with Crippen molar-refractivity contribution in [2.75, 3.05) is 0 Å². The van der Waals surface area contributed by atoms with Crippen molar-refractivity contribution in [3.8, 4) is 0 Å². The average molecular weight is 195 g/mol. The zero-order valence-corrected chi connectivity index (χ0v) is 7.48. The Bertz CT molecular complexity index is 360. The van der Waals surface area contributed by atoms with Crippen LogP contribution >= 0.6 is 11.6 Å². The fourth-order valence-corrected chi connectivity index (χ4v) is 1.30. The van der Waals surface area contributed by atoms with Crippen LogP contribution in [0.15, 0.2) is 41.1 Å². The van der Waals surface area contributed by atoms with E-state index in [2.05, 4.69) is 10.2 Å². The average Bonchev–Trinajstić information content (AvgIpc) is 2.71. The van der Waals surface area contributed by atoms with Crippen molar-refractivity contribution < 1.29 is 4.42 Å². The second-order valence-electron chi connectivity index (χ2n) is 2.55. The van der Waals surface area contributed by atoms with Gasteiger partial charge in [0, 0.05) is 0 Å². The lowest BCUT2D eigenvalue weighted by Crippen LogP contribution is -1.92. The third-order valence-electron chi connectivity index (χ3n) is 1.69. The molecule has 0 saturated carbocycles. The van der Waals surface area contributed by atoms with Crippen LogP contribution in [-0.4, -0.2) is 10.2 Å². The number of alkyl halides is 1. The Kier molecular flexibility index (Phi) is 2.27. The Morgan fingerprint density at radius 2 is 2.00 bits per heavy atom. The van der Waals surface area contributed by atoms with Crippen molar-refractivity contribution >= 4 is 11.6 Å². The molecular weight excluding hydrogens is 188 g/mol. The van der Waals surface area contributed by atoms with E-state index in [1.807, 2.05) is 30.3 Å². The normalized spacial score (nSPS) is 12.7. The summed E-state index contributed by atoms with van der Waals surface area (Å²) in [5.41, 5.74) is 0.952. The highest BCUT2D eigenvalue weighted by atomic mass is 35.5. The number of nitrogens with zero attached hydrogens (tertiary/aromatic N) is 2. The van der Waals surface area contributed by atoms with Crippen LogP contribution in [-0.2, 0) is 0 Å². The molecule has 0 fully saturated rings. The molecule has 1 aromatic heterocycles. The lowest BCUT2D eigenvalue weighted by atomic mass is 10.1. The van der Waals surface area contributed by atoms with Crippen LogP contribution in [0.3, 0.4) is 0 Å². The van der Waals surface area contributed by atoms with Gasteiger partial charge in [0.25, 0.3) is 0 Å². The van der Waals surface area contributed by atoms with Gasteiger partial charge in [-0.15, -0.1) is 21.8 Å². The van der Waals surface area contributed by atoms with Crippen LogP contribution in [0.4, 0.5) is 0 Å². The molecule has 0 N–H and O–H groups in total. The predicted molar refractivity (Wildman–Crippen MR) is 48.4 cm³/mol. The van der Waals surface area contributed by atoms with Gasteiger partial charge in [0.15, 0.2) is 0 Å². The highest BCUT2D eigenvalue weighted by Crippen LogP contribution is 2.26. The summed E-state index contributed by atoms with van der Waals surface area (Å²) < 4.78 is 5.00. The Hall–Kier alpha value is -1.35. The third-order valence-corrected chi connectivity index (χ3v) is 2.12. The fraction of sp³-hybridized carbons (Fsp3) is 0.111. The molecule has 0 radical (unpaired) electrons. The van der Waals surface area contributed by atoms with Crippen molar-refractivity contribution in [2.45, 2.75) is 5.38 Å². The first-order chi connectivity index (χ1) is 6.38. The van der Waals surface area contributed by atoms with E-state index in [9.17, 15) is 0 Å². The Morgan fingerprint density at radius 1 is 1.23 bits per heavy atom. The Labute approximate surface area is 80.4 Å². The van der Waals surface area contributed by atoms with Crippen LogP contribution in [0, 0.1) is 0 Å². The van der Waals surface area contributed by atoms with Gasteiger partial charge in [-0.1, -0.05) is 30.3 Å². The molecule has 0 saturated heterocycles. The zero-order chi connectivity index (χ0) is 9.10. The molecule has 66 valence electrons. The molecule has 3 nitrogen and oxygen atoms in total. The maximum absolute atomic E-state index is 6.08. The van der Waals surface area contributed by atoms with Gasteiger partial charge in [0.2, 0.25) is 12.3 Å². The van der Waals surface area contributed by atoms with E-state index in [1.54, 1.807) is 0 Å². The lowest BCUT2D eigenvalue weighted by molar-refractivity contribution is 0.500. The molecule has 1 unspecified atom stereocenters. The zero-order valence-electron chi connectivity index (χ0n) is 6.72. The number of benzene rings is 1. The van der Waals surface area contributed by atoms with E-state index in [4.69, 9.17) is 16.0 Å². The number of hydrogen-bond acceptors (Lipinski definition) is 3. The van der Waals surface area contributed by atoms with Gasteiger partial charge in [-0.25, -0.2) is 0 Å². The van der Waals surface area contributed by atoms with E-state index in [0.29, 0.717) is 5.89 Å². The van der Waals surface area contributed by atoms with Crippen LogP contribution < -0.4 is 0 Å². The van der Waals surface area contributed by atoms with Crippen LogP contribution in [0.1, 0.15) is 16.8 Å². The smallest absolute Gasteiger partial charge is 0.238 e. The van der Waals surface area contributed by atoms with Crippen LogP contribution in [0.25, 0.3) is 0 Å². The standard InChI is InChI=1S/C9H7ClN2O/c10-8(9-12-11-6-13-9)7-4-2-1-3-5-7/h1-6,8H. The largest absolute Gasteiger partial charge is 0.426 e. The van der Waals surface area contributed by atoms with Crippen LogP contribution in [0.5, 0.6) is 0 Å². The first-order valence-corrected chi connectivity index (χ1v) is 4.26. The molecule has 0 aliphatic rings. The molecule has 1 atom stereocenters. The van der Waals surface area contributed by atoms with E-state index in [1.165, 1.54) is 6.39 Å². The van der Waals surface area contributed by atoms with E-state index >= 15 is 0 Å². The summed E-state index contributed by atoms with van der Waals surface area (Å²) in [5, 5.41) is 6.95. The van der Waals surface area contributed by atoms with Crippen molar-refractivity contribution in [1.82, 2.24) is 10.2 Å². The topological polar surface area (TPSA) is 38.9 Å². The van der Waals surface area contributed by atoms with Crippen molar-refractivity contribution in [1.29, 1.82) is 0 Å². The van der Waals surface area contributed by atoms with E-state index in [0.717, 1.165) is 5.56 Å². The van der Waals surface area contributed by atoms with Gasteiger partial charge in [0.1, 0.15) is 5.38 Å². The van der Waals surface area contributed by atoms with E-state index in [-0.39, 0.29) is 5.38 Å². The van der Waals surface area contributed by atoms with Crippen molar-refractivity contribution in [3.05, 3.63) is 48.2 Å². The summed E-state index contributed by atoms with van der Waals surface area (Å²) in [5.74, 6) is 0.424. The SMILES string of the molecule is ClC(c1ccccc1)c1nnco1. The first-order valence-electron chi connectivity index (χ1n) is 3.83. The summed E-state index contributed by atoms with van der Waals surface area (Å²) in [4.78, 5) is 0. The summed E-state index contributed by atoms with van der Waals surface area (Å²) >= 11 is 6.08. The van der Waals surface area contributed by atoms with Gasteiger partial charge in [-0.05, 0) is 5.56 Å². The summed E-state index contributed by atoms with van der Waals surface area (Å²) in [7, 11) is 0. The highest BCUT2D eigenvalue weighted by molar-refractivity contribution is 6.22. The van der Waals surface area contributed by atoms with Gasteiger partial charge < -0.3 is 4.42 Å². The van der Waals surface area contributed by atoms with Gasteiger partial charge >= 0.3 is 0 Å². The van der Waals surface area contributed by atoms with Gasteiger partial charge in [-0.2, -0.15) is 0 Å². The molecule has 4 heteroatoms. The first kappa shape index (κ1) is 8.26. The maximum atomic E-state index is 6.08. The number of aromatic nitrogens is 2. The summed E-state index contributed by atoms with van der Waals surface area (Å²) in [6.45, 7) is 0. The molecule has 1 heterocycles. The molecule has 13 heavy (non-hydrogen) atoms. The summed E-state index contributed by atoms with van der Waals surface area (Å²) in [6.07, 6.45) is 1.27. The highest BCUT2D eigenvalue weighted by Gasteiger charge is 2.14. The van der Waals surface area contributed by atoms with Crippen LogP contribution in [0.2, 0.25) is 0 Å². The fourth-order valence-electron chi connectivity index (χ4n) is 1.06. The van der Waals surface area contributed by atoms with Crippen molar-refractivity contribution in [2.24, 2.45) is 0 Å². The number of hydrogen-bond donors (Lipinski definition) is 0. The van der Waals surface area contributed by atoms with Gasteiger partial charge in [-0.3, -0.25) is 0 Å². The Morgan fingerprint density at radius 3 is 2.62 bits per heavy atom. The quantitative estimate of drug-likeness (QED) is 0.690. The monoisotopic (exact) mass is 194 g/mol. The minimum atomic E-state index is -0.358. The molecule has 1 aromatic carbocycles. The molecular formula is C9H7ClN2O. The van der Waals surface area contributed by atoms with Gasteiger partial charge in [0.05, 0.1) is 0 Å². The number of rotatable bonds is 2. The molecule has 0 aliphatic carbocycles. The van der Waals surface area contributed by atoms with E-state index < -0.39 is 0 Å².